The second kappa shape index (κ2) is 8.04. The van der Waals surface area contributed by atoms with Crippen LogP contribution >= 0.6 is 0 Å². The van der Waals surface area contributed by atoms with Crippen LogP contribution < -0.4 is 0 Å². The monoisotopic (exact) mass is 294 g/mol. The number of carbonyl (C=O) groups excluding carboxylic acids is 2. The predicted octanol–water partition coefficient (Wildman–Crippen LogP) is 2.83. The highest BCUT2D eigenvalue weighted by atomic mass is 17.2. The second-order valence-corrected chi connectivity index (χ2v) is 4.67. The van der Waals surface area contributed by atoms with Crippen LogP contribution in [0.15, 0.2) is 24.3 Å². The largest absolute Gasteiger partial charge is 0.478 e. The van der Waals surface area contributed by atoms with Gasteiger partial charge in [-0.2, -0.15) is 0 Å². The molecule has 1 atom stereocenters. The minimum Gasteiger partial charge on any atom is -0.478 e. The summed E-state index contributed by atoms with van der Waals surface area (Å²) in [5, 5.41) is 8.96. The standard InChI is InChI=1S/C15H18O6/c1-3-4-7-10(2)14(18)20-21-15(19)12-9-6-5-8-11(12)13(16)17/h5-6,8-10H,3-4,7H2,1-2H3,(H,16,17). The number of carboxylic acids is 1. The predicted molar refractivity (Wildman–Crippen MR) is 73.6 cm³/mol. The molecule has 1 aromatic rings. The highest BCUT2D eigenvalue weighted by molar-refractivity contribution is 6.02. The maximum atomic E-state index is 11.7. The van der Waals surface area contributed by atoms with Gasteiger partial charge in [0, 0.05) is 0 Å². The third kappa shape index (κ3) is 4.91. The fraction of sp³-hybridized carbons (Fsp3) is 0.400. The van der Waals surface area contributed by atoms with E-state index in [0.29, 0.717) is 6.42 Å². The van der Waals surface area contributed by atoms with Crippen molar-refractivity contribution < 1.29 is 29.3 Å². The van der Waals surface area contributed by atoms with Crippen LogP contribution in [0.25, 0.3) is 0 Å². The topological polar surface area (TPSA) is 89.9 Å². The normalized spacial score (nSPS) is 11.5. The lowest BCUT2D eigenvalue weighted by Crippen LogP contribution is -2.19. The quantitative estimate of drug-likeness (QED) is 0.641. The molecule has 0 radical (unpaired) electrons. The van der Waals surface area contributed by atoms with Gasteiger partial charge in [-0.1, -0.05) is 38.8 Å². The molecule has 0 heterocycles. The first-order valence-electron chi connectivity index (χ1n) is 6.72. The Labute approximate surface area is 122 Å². The van der Waals surface area contributed by atoms with Gasteiger partial charge in [-0.25, -0.2) is 24.2 Å². The van der Waals surface area contributed by atoms with Gasteiger partial charge in [0.2, 0.25) is 0 Å². The summed E-state index contributed by atoms with van der Waals surface area (Å²) in [5.41, 5.74) is -0.378. The number of unbranched alkanes of at least 4 members (excludes halogenated alkanes) is 1. The average Bonchev–Trinajstić information content (AvgIpc) is 2.49. The maximum Gasteiger partial charge on any atom is 0.387 e. The molecule has 0 bridgehead atoms. The zero-order valence-corrected chi connectivity index (χ0v) is 12.0. The van der Waals surface area contributed by atoms with E-state index in [9.17, 15) is 14.4 Å². The Morgan fingerprint density at radius 2 is 1.76 bits per heavy atom. The van der Waals surface area contributed by atoms with Gasteiger partial charge in [0.15, 0.2) is 0 Å². The zero-order chi connectivity index (χ0) is 15.8. The van der Waals surface area contributed by atoms with Crippen molar-refractivity contribution in [2.75, 3.05) is 0 Å². The molecule has 0 amide bonds. The minimum absolute atomic E-state index is 0.168. The van der Waals surface area contributed by atoms with Gasteiger partial charge in [-0.05, 0) is 18.6 Å². The van der Waals surface area contributed by atoms with E-state index in [-0.39, 0.29) is 17.0 Å². The molecule has 0 aliphatic carbocycles. The second-order valence-electron chi connectivity index (χ2n) is 4.67. The summed E-state index contributed by atoms with van der Waals surface area (Å²) in [4.78, 5) is 43.2. The van der Waals surface area contributed by atoms with Gasteiger partial charge >= 0.3 is 17.9 Å². The molecule has 0 aromatic heterocycles. The molecule has 1 N–H and O–H groups in total. The van der Waals surface area contributed by atoms with Crippen molar-refractivity contribution >= 4 is 17.9 Å². The van der Waals surface area contributed by atoms with E-state index in [1.165, 1.54) is 24.3 Å². The van der Waals surface area contributed by atoms with Crippen LogP contribution in [0.5, 0.6) is 0 Å². The van der Waals surface area contributed by atoms with Crippen molar-refractivity contribution in [1.29, 1.82) is 0 Å². The third-order valence-electron chi connectivity index (χ3n) is 2.97. The molecule has 1 unspecified atom stereocenters. The summed E-state index contributed by atoms with van der Waals surface area (Å²) in [6, 6.07) is 5.54. The lowest BCUT2D eigenvalue weighted by molar-refractivity contribution is -0.238. The van der Waals surface area contributed by atoms with Crippen molar-refractivity contribution in [2.45, 2.75) is 33.1 Å². The Bertz CT molecular complexity index is 523. The van der Waals surface area contributed by atoms with Crippen LogP contribution in [0, 0.1) is 5.92 Å². The van der Waals surface area contributed by atoms with Crippen molar-refractivity contribution in [3.05, 3.63) is 35.4 Å². The molecule has 0 saturated carbocycles. The number of carbonyl (C=O) groups is 3. The SMILES string of the molecule is CCCCC(C)C(=O)OOC(=O)c1ccccc1C(=O)O. The van der Waals surface area contributed by atoms with E-state index >= 15 is 0 Å². The Hall–Kier alpha value is -2.37. The van der Waals surface area contributed by atoms with Crippen molar-refractivity contribution in [3.8, 4) is 0 Å². The summed E-state index contributed by atoms with van der Waals surface area (Å²) in [6.45, 7) is 3.68. The fourth-order valence-electron chi connectivity index (χ4n) is 1.68. The van der Waals surface area contributed by atoms with Crippen LogP contribution in [-0.2, 0) is 14.6 Å². The van der Waals surface area contributed by atoms with Gasteiger partial charge in [0.25, 0.3) is 0 Å². The molecule has 114 valence electrons. The summed E-state index contributed by atoms with van der Waals surface area (Å²) in [6.07, 6.45) is 2.45. The van der Waals surface area contributed by atoms with Crippen LogP contribution in [0.4, 0.5) is 0 Å². The van der Waals surface area contributed by atoms with Crippen LogP contribution in [0.1, 0.15) is 53.8 Å². The first-order chi connectivity index (χ1) is 9.97. The fourth-order valence-corrected chi connectivity index (χ4v) is 1.68. The van der Waals surface area contributed by atoms with Gasteiger partial charge in [0.05, 0.1) is 17.0 Å². The van der Waals surface area contributed by atoms with E-state index in [0.717, 1.165) is 12.8 Å². The van der Waals surface area contributed by atoms with Gasteiger partial charge in [-0.15, -0.1) is 0 Å². The zero-order valence-electron chi connectivity index (χ0n) is 12.0. The number of aromatic carboxylic acids is 1. The number of hydrogen-bond acceptors (Lipinski definition) is 5. The molecule has 1 rings (SSSR count). The van der Waals surface area contributed by atoms with Crippen LogP contribution in [-0.4, -0.2) is 23.0 Å². The van der Waals surface area contributed by atoms with E-state index in [2.05, 4.69) is 9.78 Å². The van der Waals surface area contributed by atoms with E-state index < -0.39 is 17.9 Å². The molecule has 0 spiro atoms. The number of rotatable bonds is 6. The van der Waals surface area contributed by atoms with E-state index in [1.807, 2.05) is 6.92 Å². The van der Waals surface area contributed by atoms with Crippen LogP contribution in [0.2, 0.25) is 0 Å². The highest BCUT2D eigenvalue weighted by Gasteiger charge is 2.21. The number of benzene rings is 1. The number of carboxylic acid groups (broad SMARTS) is 1. The van der Waals surface area contributed by atoms with Crippen molar-refractivity contribution in [3.63, 3.8) is 0 Å². The molecule has 0 saturated heterocycles. The van der Waals surface area contributed by atoms with Gasteiger partial charge in [0.1, 0.15) is 0 Å². The smallest absolute Gasteiger partial charge is 0.387 e. The molecule has 1 aromatic carbocycles. The molecule has 6 heteroatoms. The highest BCUT2D eigenvalue weighted by Crippen LogP contribution is 2.13. The molecule has 0 aliphatic rings. The summed E-state index contributed by atoms with van der Waals surface area (Å²) < 4.78 is 0. The van der Waals surface area contributed by atoms with E-state index in [1.54, 1.807) is 6.92 Å². The molecule has 21 heavy (non-hydrogen) atoms. The minimum atomic E-state index is -1.26. The van der Waals surface area contributed by atoms with E-state index in [4.69, 9.17) is 5.11 Å². The molecule has 6 nitrogen and oxygen atoms in total. The maximum absolute atomic E-state index is 11.7. The van der Waals surface area contributed by atoms with Crippen molar-refractivity contribution in [1.82, 2.24) is 0 Å². The first kappa shape index (κ1) is 16.7. The molecular formula is C15H18O6. The average molecular weight is 294 g/mol. The van der Waals surface area contributed by atoms with Crippen molar-refractivity contribution in [2.24, 2.45) is 5.92 Å². The first-order valence-corrected chi connectivity index (χ1v) is 6.72. The molecule has 0 aliphatic heterocycles. The lowest BCUT2D eigenvalue weighted by Gasteiger charge is -2.09. The summed E-state index contributed by atoms with van der Waals surface area (Å²) in [5.74, 6) is -3.30. The Kier molecular flexibility index (Phi) is 6.39. The van der Waals surface area contributed by atoms with Gasteiger partial charge in [-0.3, -0.25) is 0 Å². The Morgan fingerprint density at radius 1 is 1.14 bits per heavy atom. The molecule has 0 fully saturated rings. The molecular weight excluding hydrogens is 276 g/mol. The summed E-state index contributed by atoms with van der Waals surface area (Å²) in [7, 11) is 0. The van der Waals surface area contributed by atoms with Gasteiger partial charge < -0.3 is 5.11 Å². The number of hydrogen-bond donors (Lipinski definition) is 1. The lowest BCUT2D eigenvalue weighted by atomic mass is 10.1. The third-order valence-corrected chi connectivity index (χ3v) is 2.97. The summed E-state index contributed by atoms with van der Waals surface area (Å²) >= 11 is 0. The van der Waals surface area contributed by atoms with Crippen LogP contribution in [0.3, 0.4) is 0 Å². The Morgan fingerprint density at radius 3 is 2.33 bits per heavy atom. The Balaban J connectivity index is 2.62.